The molecule has 1 rings (SSSR count). The van der Waals surface area contributed by atoms with Crippen LogP contribution in [0.3, 0.4) is 0 Å². The number of carbonyl (C=O) groups is 4. The van der Waals surface area contributed by atoms with Gasteiger partial charge in [-0.2, -0.15) is 12.6 Å². The number of nitrogens with two attached hydrogens (primary N) is 1. The van der Waals surface area contributed by atoms with Crippen molar-refractivity contribution in [2.24, 2.45) is 11.7 Å². The lowest BCUT2D eigenvalue weighted by Crippen LogP contribution is -2.59. The minimum absolute atomic E-state index is 0.0960. The second-order valence-corrected chi connectivity index (χ2v) is 8.19. The van der Waals surface area contributed by atoms with E-state index in [9.17, 15) is 29.4 Å². The molecule has 0 heterocycles. The number of aliphatic hydroxyl groups is 1. The van der Waals surface area contributed by atoms with Crippen LogP contribution in [0.1, 0.15) is 26.3 Å². The number of carbonyl (C=O) groups excluding carboxylic acids is 3. The molecule has 0 saturated heterocycles. The molecule has 0 saturated carbocycles. The van der Waals surface area contributed by atoms with Gasteiger partial charge in [-0.1, -0.05) is 44.2 Å². The standard InChI is InChI=1S/C21H32N4O6S/c1-11(2)17(21(30)31)25-19(28)15(10-32)24-18(27)14(9-13-7-5-4-6-8-13)23-20(29)16(22)12(3)26/h4-8,11-12,14-17,26,32H,9-10,22H2,1-3H3,(H,23,29)(H,24,27)(H,25,28)(H,30,31). The lowest BCUT2D eigenvalue weighted by molar-refractivity contribution is -0.143. The van der Waals surface area contributed by atoms with E-state index in [-0.39, 0.29) is 18.1 Å². The van der Waals surface area contributed by atoms with Gasteiger partial charge in [-0.25, -0.2) is 4.79 Å². The molecule has 10 nitrogen and oxygen atoms in total. The van der Waals surface area contributed by atoms with Crippen LogP contribution in [0, 0.1) is 5.92 Å². The lowest BCUT2D eigenvalue weighted by atomic mass is 10.0. The summed E-state index contributed by atoms with van der Waals surface area (Å²) in [7, 11) is 0. The summed E-state index contributed by atoms with van der Waals surface area (Å²) in [6.45, 7) is 4.64. The summed E-state index contributed by atoms with van der Waals surface area (Å²) in [5.41, 5.74) is 6.41. The number of hydrogen-bond donors (Lipinski definition) is 7. The number of aliphatic carboxylic acids is 1. The topological polar surface area (TPSA) is 171 Å². The van der Waals surface area contributed by atoms with E-state index in [1.807, 2.05) is 0 Å². The predicted molar refractivity (Wildman–Crippen MR) is 122 cm³/mol. The fourth-order valence-corrected chi connectivity index (χ4v) is 3.04. The minimum atomic E-state index is -1.24. The van der Waals surface area contributed by atoms with E-state index >= 15 is 0 Å². The molecule has 0 spiro atoms. The van der Waals surface area contributed by atoms with Crippen molar-refractivity contribution in [2.45, 2.75) is 57.5 Å². The van der Waals surface area contributed by atoms with Crippen LogP contribution >= 0.6 is 12.6 Å². The summed E-state index contributed by atoms with van der Waals surface area (Å²) in [6.07, 6.45) is -1.02. The molecule has 5 unspecified atom stereocenters. The van der Waals surface area contributed by atoms with Gasteiger partial charge in [0.2, 0.25) is 17.7 Å². The Morgan fingerprint density at radius 3 is 1.94 bits per heavy atom. The van der Waals surface area contributed by atoms with E-state index in [1.54, 1.807) is 44.2 Å². The number of benzene rings is 1. The number of aliphatic hydroxyl groups excluding tert-OH is 1. The molecule has 0 aromatic heterocycles. The summed E-state index contributed by atoms with van der Waals surface area (Å²) < 4.78 is 0. The summed E-state index contributed by atoms with van der Waals surface area (Å²) in [6, 6.07) is 4.28. The number of thiol groups is 1. The highest BCUT2D eigenvalue weighted by molar-refractivity contribution is 7.80. The highest BCUT2D eigenvalue weighted by atomic mass is 32.1. The van der Waals surface area contributed by atoms with E-state index in [0.29, 0.717) is 0 Å². The molecule has 0 aliphatic heterocycles. The molecule has 11 heteroatoms. The Morgan fingerprint density at radius 2 is 1.47 bits per heavy atom. The number of carboxylic acids is 1. The van der Waals surface area contributed by atoms with Crippen molar-refractivity contribution in [1.29, 1.82) is 0 Å². The summed E-state index contributed by atoms with van der Waals surface area (Å²) in [5, 5.41) is 26.2. The van der Waals surface area contributed by atoms with Crippen LogP contribution in [0.2, 0.25) is 0 Å². The zero-order valence-corrected chi connectivity index (χ0v) is 19.2. The minimum Gasteiger partial charge on any atom is -0.480 e. The van der Waals surface area contributed by atoms with Gasteiger partial charge in [-0.3, -0.25) is 14.4 Å². The van der Waals surface area contributed by atoms with Crippen LogP contribution < -0.4 is 21.7 Å². The van der Waals surface area contributed by atoms with Crippen LogP contribution in [0.5, 0.6) is 0 Å². The van der Waals surface area contributed by atoms with E-state index in [1.165, 1.54) is 6.92 Å². The number of carboxylic acid groups (broad SMARTS) is 1. The third-order valence-corrected chi connectivity index (χ3v) is 5.15. The molecule has 0 aliphatic carbocycles. The van der Waals surface area contributed by atoms with Gasteiger partial charge in [0, 0.05) is 12.2 Å². The highest BCUT2D eigenvalue weighted by Crippen LogP contribution is 2.06. The number of rotatable bonds is 12. The Bertz CT molecular complexity index is 790. The second kappa shape index (κ2) is 13.0. The Labute approximate surface area is 192 Å². The van der Waals surface area contributed by atoms with Crippen molar-refractivity contribution in [3.63, 3.8) is 0 Å². The summed E-state index contributed by atoms with van der Waals surface area (Å²) in [5.74, 6) is -3.78. The Kier molecular flexibility index (Phi) is 11.2. The van der Waals surface area contributed by atoms with E-state index in [4.69, 9.17) is 5.73 Å². The van der Waals surface area contributed by atoms with Crippen LogP contribution in [-0.4, -0.2) is 69.9 Å². The van der Waals surface area contributed by atoms with Gasteiger partial charge >= 0.3 is 5.97 Å². The third-order valence-electron chi connectivity index (χ3n) is 4.78. The van der Waals surface area contributed by atoms with Crippen molar-refractivity contribution in [2.75, 3.05) is 5.75 Å². The number of nitrogens with one attached hydrogen (secondary N) is 3. The highest BCUT2D eigenvalue weighted by Gasteiger charge is 2.31. The monoisotopic (exact) mass is 468 g/mol. The van der Waals surface area contributed by atoms with Crippen LogP contribution in [0.4, 0.5) is 0 Å². The first-order chi connectivity index (χ1) is 15.0. The quantitative estimate of drug-likeness (QED) is 0.194. The van der Waals surface area contributed by atoms with Crippen molar-refractivity contribution < 1.29 is 29.4 Å². The maximum Gasteiger partial charge on any atom is 0.326 e. The molecule has 0 fully saturated rings. The first-order valence-corrected chi connectivity index (χ1v) is 10.8. The van der Waals surface area contributed by atoms with Gasteiger partial charge in [0.15, 0.2) is 0 Å². The normalized spacial score (nSPS) is 15.7. The first-order valence-electron chi connectivity index (χ1n) is 10.2. The fourth-order valence-electron chi connectivity index (χ4n) is 2.78. The fraction of sp³-hybridized carbons (Fsp3) is 0.524. The molecule has 0 radical (unpaired) electrons. The molecule has 0 bridgehead atoms. The van der Waals surface area contributed by atoms with Gasteiger partial charge in [0.1, 0.15) is 24.2 Å². The molecule has 3 amide bonds. The zero-order valence-electron chi connectivity index (χ0n) is 18.3. The third kappa shape index (κ3) is 8.48. The van der Waals surface area contributed by atoms with Crippen LogP contribution in [-0.2, 0) is 25.6 Å². The molecule has 5 atom stereocenters. The van der Waals surface area contributed by atoms with Gasteiger partial charge in [-0.05, 0) is 18.4 Å². The number of amides is 3. The predicted octanol–water partition coefficient (Wildman–Crippen LogP) is -0.938. The Hall–Kier alpha value is -2.63. The molecule has 1 aromatic rings. The smallest absolute Gasteiger partial charge is 0.326 e. The van der Waals surface area contributed by atoms with E-state index < -0.39 is 54.0 Å². The van der Waals surface area contributed by atoms with Crippen molar-refractivity contribution in [3.8, 4) is 0 Å². The van der Waals surface area contributed by atoms with Gasteiger partial charge in [0.25, 0.3) is 0 Å². The van der Waals surface area contributed by atoms with Crippen molar-refractivity contribution in [3.05, 3.63) is 35.9 Å². The Morgan fingerprint density at radius 1 is 0.938 bits per heavy atom. The molecule has 32 heavy (non-hydrogen) atoms. The first kappa shape index (κ1) is 27.4. The van der Waals surface area contributed by atoms with Crippen LogP contribution in [0.15, 0.2) is 30.3 Å². The molecule has 1 aromatic carbocycles. The second-order valence-electron chi connectivity index (χ2n) is 7.83. The Balaban J connectivity index is 2.99. The average Bonchev–Trinajstić information content (AvgIpc) is 2.74. The average molecular weight is 469 g/mol. The van der Waals surface area contributed by atoms with Crippen molar-refractivity contribution in [1.82, 2.24) is 16.0 Å². The molecule has 0 aliphatic rings. The maximum absolute atomic E-state index is 12.9. The largest absolute Gasteiger partial charge is 0.480 e. The van der Waals surface area contributed by atoms with Crippen LogP contribution in [0.25, 0.3) is 0 Å². The van der Waals surface area contributed by atoms with E-state index in [0.717, 1.165) is 5.56 Å². The van der Waals surface area contributed by atoms with Gasteiger partial charge in [-0.15, -0.1) is 0 Å². The molecule has 178 valence electrons. The van der Waals surface area contributed by atoms with Gasteiger partial charge in [0.05, 0.1) is 6.10 Å². The maximum atomic E-state index is 12.9. The summed E-state index contributed by atoms with van der Waals surface area (Å²) in [4.78, 5) is 49.2. The van der Waals surface area contributed by atoms with Crippen molar-refractivity contribution >= 4 is 36.3 Å². The van der Waals surface area contributed by atoms with Gasteiger partial charge < -0.3 is 31.9 Å². The zero-order chi connectivity index (χ0) is 24.4. The molecular formula is C21H32N4O6S. The number of hydrogen-bond acceptors (Lipinski definition) is 7. The summed E-state index contributed by atoms with van der Waals surface area (Å²) >= 11 is 4.09. The molecule has 7 N–H and O–H groups in total. The SMILES string of the molecule is CC(C)C(NC(=O)C(CS)NC(=O)C(Cc1ccccc1)NC(=O)C(N)C(C)O)C(=O)O. The van der Waals surface area contributed by atoms with E-state index in [2.05, 4.69) is 28.6 Å². The molecular weight excluding hydrogens is 436 g/mol. The lowest BCUT2D eigenvalue weighted by Gasteiger charge is -2.25.